The van der Waals surface area contributed by atoms with E-state index in [0.717, 1.165) is 19.4 Å². The normalized spacial score (nSPS) is 26.8. The SMILES string of the molecule is CNCC1CCCN(C(=O)C2CC(C(=O)O)=NO2)C1. The van der Waals surface area contributed by atoms with E-state index in [1.807, 2.05) is 7.05 Å². The number of carboxylic acids is 1. The minimum Gasteiger partial charge on any atom is -0.477 e. The Morgan fingerprint density at radius 2 is 2.37 bits per heavy atom. The quantitative estimate of drug-likeness (QED) is 0.729. The number of nitrogens with one attached hydrogen (secondary N) is 1. The number of piperidine rings is 1. The van der Waals surface area contributed by atoms with Crippen LogP contribution in [0.25, 0.3) is 0 Å². The lowest BCUT2D eigenvalue weighted by Crippen LogP contribution is -2.46. The Hall–Kier alpha value is -1.63. The van der Waals surface area contributed by atoms with Crippen LogP contribution in [0.15, 0.2) is 5.16 Å². The van der Waals surface area contributed by atoms with Crippen LogP contribution in [0.1, 0.15) is 19.3 Å². The van der Waals surface area contributed by atoms with Crippen LogP contribution in [0, 0.1) is 5.92 Å². The lowest BCUT2D eigenvalue weighted by molar-refractivity contribution is -0.143. The fourth-order valence-corrected chi connectivity index (χ4v) is 2.56. The van der Waals surface area contributed by atoms with E-state index in [1.165, 1.54) is 0 Å². The van der Waals surface area contributed by atoms with Crippen molar-refractivity contribution in [3.63, 3.8) is 0 Å². The van der Waals surface area contributed by atoms with E-state index in [-0.39, 0.29) is 18.0 Å². The Labute approximate surface area is 111 Å². The first-order valence-corrected chi connectivity index (χ1v) is 6.51. The standard InChI is InChI=1S/C12H19N3O4/c1-13-6-8-3-2-4-15(7-8)11(16)10-5-9(12(17)18)14-19-10/h8,10,13H,2-7H2,1H3,(H,17,18). The van der Waals surface area contributed by atoms with Crippen LogP contribution >= 0.6 is 0 Å². The van der Waals surface area contributed by atoms with Gasteiger partial charge in [-0.25, -0.2) is 4.79 Å². The number of oxime groups is 1. The molecule has 0 spiro atoms. The van der Waals surface area contributed by atoms with Gasteiger partial charge in [-0.3, -0.25) is 4.79 Å². The number of rotatable bonds is 4. The molecule has 0 radical (unpaired) electrons. The Bertz CT molecular complexity index is 394. The van der Waals surface area contributed by atoms with Gasteiger partial charge in [0.05, 0.1) is 0 Å². The molecule has 2 unspecified atom stereocenters. The van der Waals surface area contributed by atoms with Crippen LogP contribution < -0.4 is 5.32 Å². The molecule has 7 nitrogen and oxygen atoms in total. The molecule has 0 saturated carbocycles. The van der Waals surface area contributed by atoms with Crippen molar-refractivity contribution in [2.45, 2.75) is 25.4 Å². The molecule has 2 N–H and O–H groups in total. The van der Waals surface area contributed by atoms with Gasteiger partial charge in [-0.2, -0.15) is 0 Å². The van der Waals surface area contributed by atoms with Gasteiger partial charge < -0.3 is 20.2 Å². The Kier molecular flexibility index (Phi) is 4.36. The summed E-state index contributed by atoms with van der Waals surface area (Å²) >= 11 is 0. The molecule has 106 valence electrons. The molecule has 0 aromatic carbocycles. The Balaban J connectivity index is 1.88. The molecule has 2 rings (SSSR count). The molecule has 2 aliphatic heterocycles. The van der Waals surface area contributed by atoms with Gasteiger partial charge in [0.2, 0.25) is 6.10 Å². The van der Waals surface area contributed by atoms with Crippen LogP contribution in [0.2, 0.25) is 0 Å². The van der Waals surface area contributed by atoms with Crippen LogP contribution in [0.5, 0.6) is 0 Å². The van der Waals surface area contributed by atoms with Crippen molar-refractivity contribution in [3.8, 4) is 0 Å². The average molecular weight is 269 g/mol. The molecule has 1 amide bonds. The van der Waals surface area contributed by atoms with E-state index in [9.17, 15) is 9.59 Å². The predicted octanol–water partition coefficient (Wildman–Crippen LogP) is -0.326. The highest BCUT2D eigenvalue weighted by atomic mass is 16.6. The number of nitrogens with zero attached hydrogens (tertiary/aromatic N) is 2. The molecule has 19 heavy (non-hydrogen) atoms. The van der Waals surface area contributed by atoms with Crippen molar-refractivity contribution in [1.29, 1.82) is 0 Å². The molecule has 7 heteroatoms. The van der Waals surface area contributed by atoms with E-state index in [1.54, 1.807) is 4.90 Å². The maximum absolute atomic E-state index is 12.2. The molecule has 2 heterocycles. The van der Waals surface area contributed by atoms with Crippen LogP contribution in [-0.2, 0) is 14.4 Å². The number of likely N-dealkylation sites (tertiary alicyclic amines) is 1. The Morgan fingerprint density at radius 1 is 1.58 bits per heavy atom. The summed E-state index contributed by atoms with van der Waals surface area (Å²) in [5.74, 6) is -0.827. The van der Waals surface area contributed by atoms with E-state index < -0.39 is 12.1 Å². The zero-order valence-electron chi connectivity index (χ0n) is 11.0. The van der Waals surface area contributed by atoms with Gasteiger partial charge in [-0.1, -0.05) is 5.16 Å². The molecule has 0 aromatic heterocycles. The number of hydrogen-bond acceptors (Lipinski definition) is 5. The van der Waals surface area contributed by atoms with Crippen LogP contribution in [0.4, 0.5) is 0 Å². The van der Waals surface area contributed by atoms with Crippen LogP contribution in [-0.4, -0.2) is 60.4 Å². The summed E-state index contributed by atoms with van der Waals surface area (Å²) in [6.45, 7) is 2.29. The molecule has 0 aromatic rings. The maximum atomic E-state index is 12.2. The number of aliphatic carboxylic acids is 1. The molecule has 2 aliphatic rings. The lowest BCUT2D eigenvalue weighted by Gasteiger charge is -2.33. The number of hydrogen-bond donors (Lipinski definition) is 2. The van der Waals surface area contributed by atoms with Gasteiger partial charge in [-0.15, -0.1) is 0 Å². The van der Waals surface area contributed by atoms with Crippen molar-refractivity contribution >= 4 is 17.6 Å². The van der Waals surface area contributed by atoms with Gasteiger partial charge in [0.1, 0.15) is 0 Å². The molecule has 0 aliphatic carbocycles. The molecular formula is C12H19N3O4. The second-order valence-corrected chi connectivity index (χ2v) is 4.99. The number of amides is 1. The number of carboxylic acid groups (broad SMARTS) is 1. The molecular weight excluding hydrogens is 250 g/mol. The monoisotopic (exact) mass is 269 g/mol. The van der Waals surface area contributed by atoms with Gasteiger partial charge >= 0.3 is 5.97 Å². The molecule has 0 bridgehead atoms. The topological polar surface area (TPSA) is 91.2 Å². The van der Waals surface area contributed by atoms with Crippen LogP contribution in [0.3, 0.4) is 0 Å². The molecule has 2 atom stereocenters. The van der Waals surface area contributed by atoms with E-state index in [4.69, 9.17) is 9.94 Å². The maximum Gasteiger partial charge on any atom is 0.353 e. The summed E-state index contributed by atoms with van der Waals surface area (Å²) in [6.07, 6.45) is 1.37. The fourth-order valence-electron chi connectivity index (χ4n) is 2.56. The first-order valence-electron chi connectivity index (χ1n) is 6.51. The lowest BCUT2D eigenvalue weighted by atomic mass is 9.97. The number of carbonyl (C=O) groups is 2. The van der Waals surface area contributed by atoms with E-state index >= 15 is 0 Å². The van der Waals surface area contributed by atoms with Crippen molar-refractivity contribution < 1.29 is 19.5 Å². The summed E-state index contributed by atoms with van der Waals surface area (Å²) in [7, 11) is 1.90. The zero-order chi connectivity index (χ0) is 13.8. The fraction of sp³-hybridized carbons (Fsp3) is 0.750. The highest BCUT2D eigenvalue weighted by Crippen LogP contribution is 2.20. The third kappa shape index (κ3) is 3.23. The van der Waals surface area contributed by atoms with Crippen molar-refractivity contribution in [1.82, 2.24) is 10.2 Å². The Morgan fingerprint density at radius 3 is 3.00 bits per heavy atom. The second kappa shape index (κ2) is 6.01. The average Bonchev–Trinajstić information content (AvgIpc) is 2.88. The summed E-state index contributed by atoms with van der Waals surface area (Å²) in [6, 6.07) is 0. The summed E-state index contributed by atoms with van der Waals surface area (Å²) in [5.41, 5.74) is -0.0814. The summed E-state index contributed by atoms with van der Waals surface area (Å²) in [5, 5.41) is 15.4. The molecule has 1 saturated heterocycles. The van der Waals surface area contributed by atoms with Gasteiger partial charge in [0.25, 0.3) is 5.91 Å². The predicted molar refractivity (Wildman–Crippen MR) is 67.8 cm³/mol. The van der Waals surface area contributed by atoms with Gasteiger partial charge in [-0.05, 0) is 32.4 Å². The number of carbonyl (C=O) groups excluding carboxylic acids is 1. The van der Waals surface area contributed by atoms with Crippen molar-refractivity contribution in [2.24, 2.45) is 11.1 Å². The summed E-state index contributed by atoms with van der Waals surface area (Å²) < 4.78 is 0. The second-order valence-electron chi connectivity index (χ2n) is 4.99. The third-order valence-electron chi connectivity index (χ3n) is 3.51. The molecule has 1 fully saturated rings. The first kappa shape index (κ1) is 13.8. The first-order chi connectivity index (χ1) is 9.11. The van der Waals surface area contributed by atoms with Gasteiger partial charge in [0, 0.05) is 19.5 Å². The minimum absolute atomic E-state index is 0.0569. The smallest absolute Gasteiger partial charge is 0.353 e. The third-order valence-corrected chi connectivity index (χ3v) is 3.51. The highest BCUT2D eigenvalue weighted by molar-refractivity contribution is 6.36. The highest BCUT2D eigenvalue weighted by Gasteiger charge is 2.35. The zero-order valence-corrected chi connectivity index (χ0v) is 11.0. The van der Waals surface area contributed by atoms with Gasteiger partial charge in [0.15, 0.2) is 5.71 Å². The minimum atomic E-state index is -1.12. The van der Waals surface area contributed by atoms with Crippen molar-refractivity contribution in [2.75, 3.05) is 26.7 Å². The summed E-state index contributed by atoms with van der Waals surface area (Å²) in [4.78, 5) is 29.7. The van der Waals surface area contributed by atoms with Crippen molar-refractivity contribution in [3.05, 3.63) is 0 Å². The van der Waals surface area contributed by atoms with E-state index in [2.05, 4.69) is 10.5 Å². The van der Waals surface area contributed by atoms with E-state index in [0.29, 0.717) is 19.0 Å². The largest absolute Gasteiger partial charge is 0.477 e.